The van der Waals surface area contributed by atoms with Gasteiger partial charge in [-0.05, 0) is 0 Å². The van der Waals surface area contributed by atoms with Gasteiger partial charge in [0.05, 0.1) is 7.11 Å². The highest BCUT2D eigenvalue weighted by atomic mass is 16.5. The zero-order chi connectivity index (χ0) is 12.0. The van der Waals surface area contributed by atoms with Crippen molar-refractivity contribution in [2.75, 3.05) is 34.3 Å². The number of aliphatic carboxylic acids is 1. The van der Waals surface area contributed by atoms with E-state index < -0.39 is 24.5 Å². The Hall–Kier alpha value is -1.79. The summed E-state index contributed by atoms with van der Waals surface area (Å²) in [5.41, 5.74) is 0. The van der Waals surface area contributed by atoms with Crippen molar-refractivity contribution in [2.24, 2.45) is 0 Å². The van der Waals surface area contributed by atoms with Gasteiger partial charge in [0.15, 0.2) is 0 Å². The van der Waals surface area contributed by atoms with Gasteiger partial charge in [0, 0.05) is 14.1 Å². The molecule has 0 saturated heterocycles. The van der Waals surface area contributed by atoms with Gasteiger partial charge in [-0.25, -0.2) is 4.79 Å². The molecule has 0 atom stereocenters. The molecule has 2 amide bonds. The average molecular weight is 218 g/mol. The third-order valence-electron chi connectivity index (χ3n) is 1.62. The van der Waals surface area contributed by atoms with Crippen molar-refractivity contribution in [1.82, 2.24) is 9.80 Å². The summed E-state index contributed by atoms with van der Waals surface area (Å²) < 4.78 is 4.36. The third kappa shape index (κ3) is 4.84. The second-order valence-corrected chi connectivity index (χ2v) is 2.96. The molecule has 0 aromatic rings. The molecule has 0 heterocycles. The SMILES string of the molecule is COC(=O)CN(C)C(=O)N(C)CC(=O)O. The monoisotopic (exact) mass is 218 g/mol. The summed E-state index contributed by atoms with van der Waals surface area (Å²) >= 11 is 0. The first-order valence-electron chi connectivity index (χ1n) is 4.13. The normalized spacial score (nSPS) is 9.27. The summed E-state index contributed by atoms with van der Waals surface area (Å²) in [6, 6.07) is -0.553. The Morgan fingerprint density at radius 1 is 1.13 bits per heavy atom. The highest BCUT2D eigenvalue weighted by Gasteiger charge is 2.18. The number of likely N-dealkylation sites (N-methyl/N-ethyl adjacent to an activating group) is 2. The summed E-state index contributed by atoms with van der Waals surface area (Å²) in [6.07, 6.45) is 0. The Kier molecular flexibility index (Phi) is 5.14. The van der Waals surface area contributed by atoms with Crippen molar-refractivity contribution >= 4 is 18.0 Å². The van der Waals surface area contributed by atoms with Gasteiger partial charge in [-0.1, -0.05) is 0 Å². The molecule has 0 spiro atoms. The van der Waals surface area contributed by atoms with Crippen molar-refractivity contribution in [3.8, 4) is 0 Å². The second-order valence-electron chi connectivity index (χ2n) is 2.96. The number of carbonyl (C=O) groups excluding carboxylic acids is 2. The molecule has 7 nitrogen and oxygen atoms in total. The highest BCUT2D eigenvalue weighted by Crippen LogP contribution is 1.94. The number of carbonyl (C=O) groups is 3. The molecule has 0 fully saturated rings. The van der Waals surface area contributed by atoms with Crippen LogP contribution >= 0.6 is 0 Å². The van der Waals surface area contributed by atoms with Crippen LogP contribution in [0.4, 0.5) is 4.79 Å². The third-order valence-corrected chi connectivity index (χ3v) is 1.62. The second kappa shape index (κ2) is 5.84. The smallest absolute Gasteiger partial charge is 0.325 e. The molecule has 0 bridgehead atoms. The summed E-state index contributed by atoms with van der Waals surface area (Å²) in [5, 5.41) is 8.44. The first-order chi connectivity index (χ1) is 6.88. The van der Waals surface area contributed by atoms with Crippen LogP contribution in [0.2, 0.25) is 0 Å². The van der Waals surface area contributed by atoms with Gasteiger partial charge in [-0.2, -0.15) is 0 Å². The van der Waals surface area contributed by atoms with Crippen LogP contribution in [-0.4, -0.2) is 67.2 Å². The van der Waals surface area contributed by atoms with Gasteiger partial charge in [-0.3, -0.25) is 9.59 Å². The van der Waals surface area contributed by atoms with Gasteiger partial charge in [0.25, 0.3) is 0 Å². The van der Waals surface area contributed by atoms with Gasteiger partial charge >= 0.3 is 18.0 Å². The molecule has 0 saturated carbocycles. The Bertz CT molecular complexity index is 266. The number of carboxylic acid groups (broad SMARTS) is 1. The first-order valence-corrected chi connectivity index (χ1v) is 4.13. The summed E-state index contributed by atoms with van der Waals surface area (Å²) in [7, 11) is 3.93. The lowest BCUT2D eigenvalue weighted by molar-refractivity contribution is -0.141. The van der Waals surface area contributed by atoms with Crippen LogP contribution in [0.15, 0.2) is 0 Å². The standard InChI is InChI=1S/C8H14N2O5/c1-9(4-6(11)12)8(14)10(2)5-7(13)15-3/h4-5H2,1-3H3,(H,11,12). The Morgan fingerprint density at radius 2 is 1.60 bits per heavy atom. The van der Waals surface area contributed by atoms with Crippen LogP contribution < -0.4 is 0 Å². The average Bonchev–Trinajstić information content (AvgIpc) is 2.15. The lowest BCUT2D eigenvalue weighted by atomic mass is 10.5. The number of hydrogen-bond acceptors (Lipinski definition) is 4. The molecule has 0 unspecified atom stereocenters. The highest BCUT2D eigenvalue weighted by molar-refractivity contribution is 5.83. The zero-order valence-electron chi connectivity index (χ0n) is 8.89. The van der Waals surface area contributed by atoms with E-state index in [0.717, 1.165) is 9.80 Å². The number of ether oxygens (including phenoxy) is 1. The zero-order valence-corrected chi connectivity index (χ0v) is 8.89. The lowest BCUT2D eigenvalue weighted by Gasteiger charge is -2.22. The van der Waals surface area contributed by atoms with E-state index in [9.17, 15) is 14.4 Å². The van der Waals surface area contributed by atoms with E-state index in [-0.39, 0.29) is 6.54 Å². The maximum absolute atomic E-state index is 11.4. The topological polar surface area (TPSA) is 87.2 Å². The van der Waals surface area contributed by atoms with Crippen LogP contribution in [0.5, 0.6) is 0 Å². The van der Waals surface area contributed by atoms with E-state index in [4.69, 9.17) is 5.11 Å². The largest absolute Gasteiger partial charge is 0.480 e. The van der Waals surface area contributed by atoms with Crippen LogP contribution in [0.25, 0.3) is 0 Å². The van der Waals surface area contributed by atoms with Gasteiger partial charge in [0.1, 0.15) is 13.1 Å². The number of nitrogens with zero attached hydrogens (tertiary/aromatic N) is 2. The predicted molar refractivity (Wildman–Crippen MR) is 50.3 cm³/mol. The molecule has 0 aliphatic carbocycles. The maximum Gasteiger partial charge on any atom is 0.325 e. The van der Waals surface area contributed by atoms with Gasteiger partial charge in [-0.15, -0.1) is 0 Å². The molecule has 86 valence electrons. The fourth-order valence-corrected chi connectivity index (χ4v) is 0.888. The van der Waals surface area contributed by atoms with E-state index in [1.165, 1.54) is 21.2 Å². The Balaban J connectivity index is 4.19. The summed E-state index contributed by atoms with van der Waals surface area (Å²) in [5.74, 6) is -1.67. The number of amides is 2. The van der Waals surface area contributed by atoms with Crippen LogP contribution in [0.1, 0.15) is 0 Å². The fourth-order valence-electron chi connectivity index (χ4n) is 0.888. The number of methoxy groups -OCH3 is 1. The Morgan fingerprint density at radius 3 is 2.00 bits per heavy atom. The molecule has 1 N–H and O–H groups in total. The number of carboxylic acids is 1. The van der Waals surface area contributed by atoms with Crippen molar-refractivity contribution < 1.29 is 24.2 Å². The van der Waals surface area contributed by atoms with Crippen LogP contribution in [0, 0.1) is 0 Å². The van der Waals surface area contributed by atoms with Crippen LogP contribution in [-0.2, 0) is 14.3 Å². The van der Waals surface area contributed by atoms with Gasteiger partial charge in [0.2, 0.25) is 0 Å². The van der Waals surface area contributed by atoms with Gasteiger partial charge < -0.3 is 19.6 Å². The van der Waals surface area contributed by atoms with E-state index >= 15 is 0 Å². The molecule has 15 heavy (non-hydrogen) atoms. The van der Waals surface area contributed by atoms with Crippen molar-refractivity contribution in [3.05, 3.63) is 0 Å². The molecular weight excluding hydrogens is 204 g/mol. The molecule has 0 aliphatic rings. The van der Waals surface area contributed by atoms with Crippen molar-refractivity contribution in [1.29, 1.82) is 0 Å². The summed E-state index contributed by atoms with van der Waals surface area (Å²) in [4.78, 5) is 34.6. The maximum atomic E-state index is 11.4. The number of rotatable bonds is 4. The molecule has 0 radical (unpaired) electrons. The van der Waals surface area contributed by atoms with E-state index in [1.807, 2.05) is 0 Å². The van der Waals surface area contributed by atoms with Crippen LogP contribution in [0.3, 0.4) is 0 Å². The summed E-state index contributed by atoms with van der Waals surface area (Å²) in [6.45, 7) is -0.621. The van der Waals surface area contributed by atoms with E-state index in [0.29, 0.717) is 0 Å². The van der Waals surface area contributed by atoms with E-state index in [2.05, 4.69) is 4.74 Å². The molecule has 7 heteroatoms. The van der Waals surface area contributed by atoms with Crippen molar-refractivity contribution in [2.45, 2.75) is 0 Å². The predicted octanol–water partition coefficient (Wildman–Crippen LogP) is -0.772. The van der Waals surface area contributed by atoms with E-state index in [1.54, 1.807) is 0 Å². The first kappa shape index (κ1) is 13.2. The van der Waals surface area contributed by atoms with Crippen molar-refractivity contribution in [3.63, 3.8) is 0 Å². The molecule has 0 rings (SSSR count). The number of hydrogen-bond donors (Lipinski definition) is 1. The fraction of sp³-hybridized carbons (Fsp3) is 0.625. The minimum absolute atomic E-state index is 0.209. The molecule has 0 aromatic carbocycles. The minimum Gasteiger partial charge on any atom is -0.480 e. The molecular formula is C8H14N2O5. The quantitative estimate of drug-likeness (QED) is 0.626. The molecule has 0 aliphatic heterocycles. The minimum atomic E-state index is -1.11. The Labute approximate surface area is 87.2 Å². The number of esters is 1. The molecule has 0 aromatic heterocycles. The number of urea groups is 1. The lowest BCUT2D eigenvalue weighted by Crippen LogP contribution is -2.43.